The van der Waals surface area contributed by atoms with Gasteiger partial charge in [0.1, 0.15) is 0 Å². The first-order chi connectivity index (χ1) is 13.6. The molecule has 2 aromatic carbocycles. The summed E-state index contributed by atoms with van der Waals surface area (Å²) >= 11 is 0. The molecule has 1 fully saturated rings. The quantitative estimate of drug-likeness (QED) is 0.838. The SMILES string of the molecule is Cc1ccc(N2CCN(CCC(O)c3ccc4c(c3)CCC(=O)N4)CC2)cc1. The summed E-state index contributed by atoms with van der Waals surface area (Å²) in [5.41, 5.74) is 5.56. The van der Waals surface area contributed by atoms with Crippen molar-refractivity contribution in [2.75, 3.05) is 42.9 Å². The largest absolute Gasteiger partial charge is 0.388 e. The van der Waals surface area contributed by atoms with E-state index in [1.54, 1.807) is 0 Å². The highest BCUT2D eigenvalue weighted by Gasteiger charge is 2.20. The van der Waals surface area contributed by atoms with E-state index in [-0.39, 0.29) is 5.91 Å². The number of carbonyl (C=O) groups is 1. The van der Waals surface area contributed by atoms with E-state index in [1.807, 2.05) is 12.1 Å². The molecule has 5 heteroatoms. The zero-order chi connectivity index (χ0) is 19.5. The Balaban J connectivity index is 1.27. The second-order valence-corrected chi connectivity index (χ2v) is 7.93. The number of carbonyl (C=O) groups excluding carboxylic acids is 1. The molecule has 0 aromatic heterocycles. The standard InChI is InChI=1S/C23H29N3O2/c1-17-2-6-20(7-3-17)26-14-12-25(13-15-26)11-10-22(27)19-4-8-21-18(16-19)5-9-23(28)24-21/h2-4,6-8,16,22,27H,5,9-15H2,1H3,(H,24,28). The van der Waals surface area contributed by atoms with Gasteiger partial charge in [-0.05, 0) is 49.1 Å². The van der Waals surface area contributed by atoms with E-state index in [2.05, 4.69) is 52.4 Å². The number of rotatable bonds is 5. The summed E-state index contributed by atoms with van der Waals surface area (Å²) in [6.07, 6.45) is 1.55. The summed E-state index contributed by atoms with van der Waals surface area (Å²) < 4.78 is 0. The van der Waals surface area contributed by atoms with Crippen molar-refractivity contribution >= 4 is 17.3 Å². The predicted molar refractivity (Wildman–Crippen MR) is 113 cm³/mol. The molecule has 1 saturated heterocycles. The van der Waals surface area contributed by atoms with Crippen LogP contribution in [0.1, 0.15) is 35.6 Å². The Morgan fingerprint density at radius 2 is 1.79 bits per heavy atom. The number of nitrogens with zero attached hydrogens (tertiary/aromatic N) is 2. The maximum Gasteiger partial charge on any atom is 0.224 e. The summed E-state index contributed by atoms with van der Waals surface area (Å²) in [4.78, 5) is 16.4. The van der Waals surface area contributed by atoms with Crippen LogP contribution in [0.4, 0.5) is 11.4 Å². The third kappa shape index (κ3) is 4.37. The van der Waals surface area contributed by atoms with E-state index >= 15 is 0 Å². The number of amides is 1. The van der Waals surface area contributed by atoms with Crippen LogP contribution in [-0.2, 0) is 11.2 Å². The van der Waals surface area contributed by atoms with Gasteiger partial charge >= 0.3 is 0 Å². The van der Waals surface area contributed by atoms with Gasteiger partial charge in [0.15, 0.2) is 0 Å². The fraction of sp³-hybridized carbons (Fsp3) is 0.435. The average molecular weight is 380 g/mol. The lowest BCUT2D eigenvalue weighted by molar-refractivity contribution is -0.116. The molecule has 28 heavy (non-hydrogen) atoms. The van der Waals surface area contributed by atoms with Crippen molar-refractivity contribution in [3.8, 4) is 0 Å². The van der Waals surface area contributed by atoms with Gasteiger partial charge in [0, 0.05) is 50.5 Å². The Bertz CT molecular complexity index is 826. The fourth-order valence-electron chi connectivity index (χ4n) is 4.07. The second-order valence-electron chi connectivity index (χ2n) is 7.93. The van der Waals surface area contributed by atoms with Crippen LogP contribution in [0.2, 0.25) is 0 Å². The van der Waals surface area contributed by atoms with Crippen molar-refractivity contribution in [1.29, 1.82) is 0 Å². The van der Waals surface area contributed by atoms with Gasteiger partial charge in [-0.15, -0.1) is 0 Å². The summed E-state index contributed by atoms with van der Waals surface area (Å²) in [6, 6.07) is 14.6. The van der Waals surface area contributed by atoms with Crippen LogP contribution < -0.4 is 10.2 Å². The van der Waals surface area contributed by atoms with Crippen molar-refractivity contribution < 1.29 is 9.90 Å². The van der Waals surface area contributed by atoms with E-state index < -0.39 is 6.10 Å². The van der Waals surface area contributed by atoms with E-state index in [9.17, 15) is 9.90 Å². The van der Waals surface area contributed by atoms with Gasteiger partial charge in [-0.1, -0.05) is 29.8 Å². The molecule has 4 rings (SSSR count). The minimum absolute atomic E-state index is 0.0746. The lowest BCUT2D eigenvalue weighted by Crippen LogP contribution is -2.46. The van der Waals surface area contributed by atoms with Crippen LogP contribution in [0.3, 0.4) is 0 Å². The van der Waals surface area contributed by atoms with E-state index in [0.29, 0.717) is 6.42 Å². The normalized spacial score (nSPS) is 18.5. The molecule has 2 aliphatic rings. The van der Waals surface area contributed by atoms with E-state index in [0.717, 1.165) is 62.4 Å². The van der Waals surface area contributed by atoms with Gasteiger partial charge in [-0.2, -0.15) is 0 Å². The summed E-state index contributed by atoms with van der Waals surface area (Å²) in [5, 5.41) is 13.5. The first kappa shape index (κ1) is 19.0. The number of piperazine rings is 1. The van der Waals surface area contributed by atoms with Crippen molar-refractivity contribution in [2.45, 2.75) is 32.3 Å². The van der Waals surface area contributed by atoms with E-state index in [1.165, 1.54) is 11.3 Å². The van der Waals surface area contributed by atoms with Crippen LogP contribution in [0.25, 0.3) is 0 Å². The maximum atomic E-state index is 11.5. The van der Waals surface area contributed by atoms with Gasteiger partial charge < -0.3 is 15.3 Å². The Hall–Kier alpha value is -2.37. The minimum atomic E-state index is -0.460. The highest BCUT2D eigenvalue weighted by molar-refractivity contribution is 5.93. The lowest BCUT2D eigenvalue weighted by Gasteiger charge is -2.36. The average Bonchev–Trinajstić information content (AvgIpc) is 2.72. The van der Waals surface area contributed by atoms with E-state index in [4.69, 9.17) is 0 Å². The summed E-state index contributed by atoms with van der Waals surface area (Å²) in [7, 11) is 0. The van der Waals surface area contributed by atoms with Crippen molar-refractivity contribution in [1.82, 2.24) is 4.90 Å². The zero-order valence-corrected chi connectivity index (χ0v) is 16.5. The number of anilines is 2. The smallest absolute Gasteiger partial charge is 0.224 e. The molecular formula is C23H29N3O2. The maximum absolute atomic E-state index is 11.5. The van der Waals surface area contributed by atoms with Gasteiger partial charge in [0.2, 0.25) is 5.91 Å². The Morgan fingerprint density at radius 3 is 2.54 bits per heavy atom. The number of aliphatic hydroxyl groups is 1. The molecule has 2 heterocycles. The summed E-state index contributed by atoms with van der Waals surface area (Å²) in [5.74, 6) is 0.0746. The van der Waals surface area contributed by atoms with Crippen molar-refractivity contribution in [2.24, 2.45) is 0 Å². The molecule has 0 saturated carbocycles. The number of benzene rings is 2. The molecule has 5 nitrogen and oxygen atoms in total. The minimum Gasteiger partial charge on any atom is -0.388 e. The molecule has 148 valence electrons. The number of hydrogen-bond donors (Lipinski definition) is 2. The number of aryl methyl sites for hydroxylation is 2. The molecule has 0 aliphatic carbocycles. The lowest BCUT2D eigenvalue weighted by atomic mass is 9.97. The van der Waals surface area contributed by atoms with Crippen molar-refractivity contribution in [3.05, 3.63) is 59.2 Å². The molecule has 1 amide bonds. The predicted octanol–water partition coefficient (Wildman–Crippen LogP) is 3.13. The fourth-order valence-corrected chi connectivity index (χ4v) is 4.07. The van der Waals surface area contributed by atoms with Gasteiger partial charge in [0.25, 0.3) is 0 Å². The molecule has 2 N–H and O–H groups in total. The van der Waals surface area contributed by atoms with Crippen LogP contribution in [0.15, 0.2) is 42.5 Å². The van der Waals surface area contributed by atoms with Crippen LogP contribution >= 0.6 is 0 Å². The number of fused-ring (bicyclic) bond motifs is 1. The molecule has 2 aromatic rings. The molecule has 0 spiro atoms. The third-order valence-corrected chi connectivity index (χ3v) is 5.90. The number of hydrogen-bond acceptors (Lipinski definition) is 4. The topological polar surface area (TPSA) is 55.8 Å². The molecule has 2 aliphatic heterocycles. The molecule has 1 unspecified atom stereocenters. The molecule has 1 atom stereocenters. The molecule has 0 bridgehead atoms. The number of nitrogens with one attached hydrogen (secondary N) is 1. The first-order valence-corrected chi connectivity index (χ1v) is 10.2. The van der Waals surface area contributed by atoms with Crippen LogP contribution in [0, 0.1) is 6.92 Å². The van der Waals surface area contributed by atoms with Gasteiger partial charge in [-0.25, -0.2) is 0 Å². The second kappa shape index (κ2) is 8.33. The Morgan fingerprint density at radius 1 is 1.04 bits per heavy atom. The van der Waals surface area contributed by atoms with Gasteiger partial charge in [0.05, 0.1) is 6.10 Å². The highest BCUT2D eigenvalue weighted by atomic mass is 16.3. The van der Waals surface area contributed by atoms with Crippen LogP contribution in [-0.4, -0.2) is 48.6 Å². The first-order valence-electron chi connectivity index (χ1n) is 10.2. The van der Waals surface area contributed by atoms with Crippen molar-refractivity contribution in [3.63, 3.8) is 0 Å². The molecule has 0 radical (unpaired) electrons. The zero-order valence-electron chi connectivity index (χ0n) is 16.5. The number of aliphatic hydroxyl groups excluding tert-OH is 1. The Kier molecular flexibility index (Phi) is 5.64. The van der Waals surface area contributed by atoms with Crippen LogP contribution in [0.5, 0.6) is 0 Å². The third-order valence-electron chi connectivity index (χ3n) is 5.90. The highest BCUT2D eigenvalue weighted by Crippen LogP contribution is 2.27. The van der Waals surface area contributed by atoms with Gasteiger partial charge in [-0.3, -0.25) is 9.69 Å². The monoisotopic (exact) mass is 379 g/mol. The molecular weight excluding hydrogens is 350 g/mol. The Labute approximate surface area is 167 Å². The summed E-state index contributed by atoms with van der Waals surface area (Å²) in [6.45, 7) is 7.12.